The Kier molecular flexibility index (Phi) is 3.92. The molecule has 5 heteroatoms. The third-order valence-electron chi connectivity index (χ3n) is 3.26. The lowest BCUT2D eigenvalue weighted by atomic mass is 10.1. The van der Waals surface area contributed by atoms with E-state index in [9.17, 15) is 9.59 Å². The first kappa shape index (κ1) is 12.5. The highest BCUT2D eigenvalue weighted by Crippen LogP contribution is 2.25. The molecule has 0 saturated heterocycles. The summed E-state index contributed by atoms with van der Waals surface area (Å²) in [4.78, 5) is 26.5. The van der Waals surface area contributed by atoms with Crippen LogP contribution in [0.3, 0.4) is 0 Å². The van der Waals surface area contributed by atoms with Crippen LogP contribution in [0.25, 0.3) is 0 Å². The van der Waals surface area contributed by atoms with Gasteiger partial charge in [-0.2, -0.15) is 0 Å². The smallest absolute Gasteiger partial charge is 0.306 e. The van der Waals surface area contributed by atoms with Crippen LogP contribution in [0.4, 0.5) is 0 Å². The van der Waals surface area contributed by atoms with Crippen LogP contribution in [-0.4, -0.2) is 28.0 Å². The number of aromatic nitrogens is 1. The minimum Gasteiger partial charge on any atom is -0.481 e. The lowest BCUT2D eigenvalue weighted by Crippen LogP contribution is -2.34. The fourth-order valence-electron chi connectivity index (χ4n) is 2.30. The van der Waals surface area contributed by atoms with Crippen LogP contribution in [-0.2, 0) is 16.0 Å². The van der Waals surface area contributed by atoms with Gasteiger partial charge in [-0.1, -0.05) is 0 Å². The topological polar surface area (TPSA) is 79.3 Å². The number of nitrogens with one attached hydrogen (secondary N) is 1. The van der Waals surface area contributed by atoms with E-state index in [0.717, 1.165) is 12.0 Å². The second-order valence-corrected chi connectivity index (χ2v) is 4.64. The second kappa shape index (κ2) is 5.62. The Morgan fingerprint density at radius 3 is 2.67 bits per heavy atom. The van der Waals surface area contributed by atoms with Gasteiger partial charge in [-0.15, -0.1) is 0 Å². The summed E-state index contributed by atoms with van der Waals surface area (Å²) in [5.74, 6) is -1.13. The third kappa shape index (κ3) is 3.29. The van der Waals surface area contributed by atoms with Crippen LogP contribution >= 0.6 is 0 Å². The van der Waals surface area contributed by atoms with Gasteiger partial charge in [0.1, 0.15) is 0 Å². The van der Waals surface area contributed by atoms with Crippen molar-refractivity contribution in [1.82, 2.24) is 10.3 Å². The molecule has 0 aromatic carbocycles. The summed E-state index contributed by atoms with van der Waals surface area (Å²) in [6.07, 6.45) is 5.56. The number of carboxylic acid groups (broad SMARTS) is 1. The molecule has 1 aliphatic rings. The van der Waals surface area contributed by atoms with Crippen molar-refractivity contribution in [3.63, 3.8) is 0 Å². The summed E-state index contributed by atoms with van der Waals surface area (Å²) >= 11 is 0. The summed E-state index contributed by atoms with van der Waals surface area (Å²) in [5, 5.41) is 11.8. The standard InChI is InChI=1S/C13H16N2O3/c16-12(7-9-3-5-14-6-4-9)15-11-2-1-10(8-11)13(17)18/h3-6,10-11H,1-2,7-8H2,(H,15,16)(H,17,18)/t10-,11+/m1/s1. The molecule has 0 bridgehead atoms. The molecule has 1 aromatic rings. The second-order valence-electron chi connectivity index (χ2n) is 4.64. The normalized spacial score (nSPS) is 22.7. The Morgan fingerprint density at radius 2 is 2.06 bits per heavy atom. The monoisotopic (exact) mass is 248 g/mol. The van der Waals surface area contributed by atoms with E-state index in [1.165, 1.54) is 0 Å². The zero-order chi connectivity index (χ0) is 13.0. The van der Waals surface area contributed by atoms with Crippen molar-refractivity contribution in [2.45, 2.75) is 31.7 Å². The quantitative estimate of drug-likeness (QED) is 0.833. The molecular weight excluding hydrogens is 232 g/mol. The predicted octanol–water partition coefficient (Wildman–Crippen LogP) is 0.994. The molecule has 18 heavy (non-hydrogen) atoms. The van der Waals surface area contributed by atoms with Gasteiger partial charge in [0.2, 0.25) is 5.91 Å². The van der Waals surface area contributed by atoms with Gasteiger partial charge in [0.05, 0.1) is 12.3 Å². The summed E-state index contributed by atoms with van der Waals surface area (Å²) in [6, 6.07) is 3.60. The lowest BCUT2D eigenvalue weighted by Gasteiger charge is -2.12. The minimum atomic E-state index is -0.763. The molecule has 1 fully saturated rings. The Morgan fingerprint density at radius 1 is 1.33 bits per heavy atom. The highest BCUT2D eigenvalue weighted by Gasteiger charge is 2.30. The summed E-state index contributed by atoms with van der Waals surface area (Å²) < 4.78 is 0. The van der Waals surface area contributed by atoms with Gasteiger partial charge in [-0.25, -0.2) is 0 Å². The van der Waals surface area contributed by atoms with Crippen molar-refractivity contribution in [3.8, 4) is 0 Å². The number of rotatable bonds is 4. The van der Waals surface area contributed by atoms with Crippen LogP contribution in [0.2, 0.25) is 0 Å². The Bertz CT molecular complexity index is 433. The molecule has 2 rings (SSSR count). The predicted molar refractivity (Wildman–Crippen MR) is 64.8 cm³/mol. The molecule has 2 atom stereocenters. The van der Waals surface area contributed by atoms with E-state index in [-0.39, 0.29) is 17.9 Å². The van der Waals surface area contributed by atoms with E-state index >= 15 is 0 Å². The third-order valence-corrected chi connectivity index (χ3v) is 3.26. The Balaban J connectivity index is 1.80. The van der Waals surface area contributed by atoms with Gasteiger partial charge < -0.3 is 10.4 Å². The van der Waals surface area contributed by atoms with E-state index in [1.54, 1.807) is 24.5 Å². The number of aliphatic carboxylic acids is 1. The van der Waals surface area contributed by atoms with Gasteiger partial charge in [0, 0.05) is 18.4 Å². The van der Waals surface area contributed by atoms with E-state index in [2.05, 4.69) is 10.3 Å². The summed E-state index contributed by atoms with van der Waals surface area (Å²) in [7, 11) is 0. The van der Waals surface area contributed by atoms with Gasteiger partial charge in [0.25, 0.3) is 0 Å². The zero-order valence-electron chi connectivity index (χ0n) is 10.0. The first-order valence-corrected chi connectivity index (χ1v) is 6.06. The van der Waals surface area contributed by atoms with Gasteiger partial charge in [-0.05, 0) is 37.0 Å². The van der Waals surface area contributed by atoms with Crippen molar-refractivity contribution in [2.24, 2.45) is 5.92 Å². The van der Waals surface area contributed by atoms with E-state index in [1.807, 2.05) is 0 Å². The highest BCUT2D eigenvalue weighted by molar-refractivity contribution is 5.79. The SMILES string of the molecule is O=C(Cc1ccncc1)N[C@H]1CC[C@@H](C(=O)O)C1. The van der Waals surface area contributed by atoms with Crippen molar-refractivity contribution >= 4 is 11.9 Å². The molecule has 5 nitrogen and oxygen atoms in total. The highest BCUT2D eigenvalue weighted by atomic mass is 16.4. The average molecular weight is 248 g/mol. The molecule has 1 heterocycles. The van der Waals surface area contributed by atoms with Crippen molar-refractivity contribution < 1.29 is 14.7 Å². The first-order valence-electron chi connectivity index (χ1n) is 6.06. The number of hydrogen-bond acceptors (Lipinski definition) is 3. The molecule has 1 aliphatic carbocycles. The summed E-state index contributed by atoms with van der Waals surface area (Å²) in [5.41, 5.74) is 0.912. The van der Waals surface area contributed by atoms with Crippen LogP contribution in [0.15, 0.2) is 24.5 Å². The molecule has 0 aliphatic heterocycles. The molecule has 0 spiro atoms. The van der Waals surface area contributed by atoms with E-state index in [0.29, 0.717) is 19.3 Å². The molecule has 0 unspecified atom stereocenters. The number of amides is 1. The number of nitrogens with zero attached hydrogens (tertiary/aromatic N) is 1. The lowest BCUT2D eigenvalue weighted by molar-refractivity contribution is -0.141. The summed E-state index contributed by atoms with van der Waals surface area (Å²) in [6.45, 7) is 0. The molecule has 2 N–H and O–H groups in total. The van der Waals surface area contributed by atoms with Gasteiger partial charge in [-0.3, -0.25) is 14.6 Å². The molecule has 1 saturated carbocycles. The Labute approximate surface area is 105 Å². The number of carboxylic acids is 1. The van der Waals surface area contributed by atoms with Crippen molar-refractivity contribution in [3.05, 3.63) is 30.1 Å². The Hall–Kier alpha value is -1.91. The van der Waals surface area contributed by atoms with Gasteiger partial charge in [0.15, 0.2) is 0 Å². The maximum Gasteiger partial charge on any atom is 0.306 e. The van der Waals surface area contributed by atoms with Crippen molar-refractivity contribution in [2.75, 3.05) is 0 Å². The first-order chi connectivity index (χ1) is 8.65. The molecule has 96 valence electrons. The van der Waals surface area contributed by atoms with Crippen LogP contribution in [0, 0.1) is 5.92 Å². The number of carbonyl (C=O) groups is 2. The minimum absolute atomic E-state index is 0.000405. The fourth-order valence-corrected chi connectivity index (χ4v) is 2.30. The maximum absolute atomic E-state index is 11.8. The van der Waals surface area contributed by atoms with E-state index in [4.69, 9.17) is 5.11 Å². The van der Waals surface area contributed by atoms with Gasteiger partial charge >= 0.3 is 5.97 Å². The molecule has 1 aromatic heterocycles. The van der Waals surface area contributed by atoms with Crippen LogP contribution in [0.5, 0.6) is 0 Å². The van der Waals surface area contributed by atoms with Crippen LogP contribution < -0.4 is 5.32 Å². The fraction of sp³-hybridized carbons (Fsp3) is 0.462. The van der Waals surface area contributed by atoms with Crippen molar-refractivity contribution in [1.29, 1.82) is 0 Å². The maximum atomic E-state index is 11.8. The molecule has 0 radical (unpaired) electrons. The van der Waals surface area contributed by atoms with E-state index < -0.39 is 5.97 Å². The average Bonchev–Trinajstić information content (AvgIpc) is 2.78. The van der Waals surface area contributed by atoms with Crippen LogP contribution in [0.1, 0.15) is 24.8 Å². The number of carbonyl (C=O) groups excluding carboxylic acids is 1. The largest absolute Gasteiger partial charge is 0.481 e. The molecule has 1 amide bonds. The molecular formula is C13H16N2O3. The number of pyridine rings is 1. The zero-order valence-corrected chi connectivity index (χ0v) is 10.0. The number of hydrogen-bond donors (Lipinski definition) is 2.